The third-order valence-corrected chi connectivity index (χ3v) is 3.47. The van der Waals surface area contributed by atoms with Crippen LogP contribution in [0.1, 0.15) is 11.1 Å². The number of rotatable bonds is 5. The van der Waals surface area contributed by atoms with Crippen LogP contribution in [-0.4, -0.2) is 21.4 Å². The molecule has 0 fully saturated rings. The number of benzene rings is 2. The number of halogens is 2. The lowest BCUT2D eigenvalue weighted by atomic mass is 10.2. The quantitative estimate of drug-likeness (QED) is 0.318. The number of aromatic hydroxyl groups is 1. The summed E-state index contributed by atoms with van der Waals surface area (Å²) in [5.74, 6) is -0.880. The van der Waals surface area contributed by atoms with Crippen LogP contribution in [0.25, 0.3) is 0 Å². The van der Waals surface area contributed by atoms with Crippen LogP contribution >= 0.6 is 23.8 Å². The van der Waals surface area contributed by atoms with E-state index in [1.807, 2.05) is 0 Å². The number of nitrogens with zero attached hydrogens (tertiary/aromatic N) is 2. The van der Waals surface area contributed by atoms with Crippen LogP contribution in [0.15, 0.2) is 41.5 Å². The second-order valence-electron chi connectivity index (χ2n) is 4.80. The van der Waals surface area contributed by atoms with Gasteiger partial charge in [-0.1, -0.05) is 23.7 Å². The fraction of sp³-hybridized carbons (Fsp3) is 0.0667. The maximum absolute atomic E-state index is 12.8. The molecule has 0 saturated heterocycles. The van der Waals surface area contributed by atoms with Crippen molar-refractivity contribution in [2.45, 2.75) is 6.54 Å². The Kier molecular flexibility index (Phi) is 6.20. The zero-order valence-corrected chi connectivity index (χ0v) is 14.1. The van der Waals surface area contributed by atoms with Crippen molar-refractivity contribution < 1.29 is 14.4 Å². The van der Waals surface area contributed by atoms with E-state index < -0.39 is 16.4 Å². The van der Waals surface area contributed by atoms with Gasteiger partial charge in [-0.05, 0) is 36.0 Å². The number of nitro benzene ring substituents is 1. The molecule has 2 aromatic carbocycles. The van der Waals surface area contributed by atoms with Crippen molar-refractivity contribution in [2.75, 3.05) is 0 Å². The first-order valence-corrected chi connectivity index (χ1v) is 7.63. The minimum atomic E-state index is -0.749. The van der Waals surface area contributed by atoms with Gasteiger partial charge >= 0.3 is 5.69 Å². The number of nitro groups is 1. The standard InChI is InChI=1S/C15H12ClFN4O3S/c16-11-5-10(14(22)13(6-11)21(23)24)8-19-20-15(25)18-7-9-1-3-12(17)4-2-9/h1-6,8,22H,7H2,(H2,18,20,25)/b19-8-. The van der Waals surface area contributed by atoms with Crippen LogP contribution in [0.5, 0.6) is 5.75 Å². The molecule has 10 heteroatoms. The molecular formula is C15H12ClFN4O3S. The topological polar surface area (TPSA) is 99.8 Å². The van der Waals surface area contributed by atoms with E-state index in [0.717, 1.165) is 17.8 Å². The molecule has 3 N–H and O–H groups in total. The first kappa shape index (κ1) is 18.6. The van der Waals surface area contributed by atoms with E-state index in [1.165, 1.54) is 18.2 Å². The molecule has 0 aliphatic heterocycles. The van der Waals surface area contributed by atoms with Crippen LogP contribution in [0.3, 0.4) is 0 Å². The maximum atomic E-state index is 12.8. The molecule has 2 aromatic rings. The van der Waals surface area contributed by atoms with Crippen LogP contribution in [0.4, 0.5) is 10.1 Å². The second kappa shape index (κ2) is 8.36. The molecule has 0 aliphatic rings. The molecule has 25 heavy (non-hydrogen) atoms. The van der Waals surface area contributed by atoms with Gasteiger partial charge < -0.3 is 10.4 Å². The fourth-order valence-electron chi connectivity index (χ4n) is 1.83. The lowest BCUT2D eigenvalue weighted by Gasteiger charge is -2.07. The highest BCUT2D eigenvalue weighted by Gasteiger charge is 2.17. The van der Waals surface area contributed by atoms with Crippen molar-refractivity contribution in [3.05, 3.63) is 68.5 Å². The van der Waals surface area contributed by atoms with Crippen LogP contribution in [-0.2, 0) is 6.54 Å². The molecule has 2 rings (SSSR count). The van der Waals surface area contributed by atoms with Gasteiger partial charge in [0.2, 0.25) is 5.75 Å². The Morgan fingerprint density at radius 3 is 2.72 bits per heavy atom. The minimum Gasteiger partial charge on any atom is -0.502 e. The Balaban J connectivity index is 1.95. The summed E-state index contributed by atoms with van der Waals surface area (Å²) in [6, 6.07) is 8.25. The smallest absolute Gasteiger partial charge is 0.312 e. The number of hydrogen-bond donors (Lipinski definition) is 3. The molecule has 0 bridgehead atoms. The monoisotopic (exact) mass is 382 g/mol. The highest BCUT2D eigenvalue weighted by molar-refractivity contribution is 7.80. The summed E-state index contributed by atoms with van der Waals surface area (Å²) >= 11 is 10.8. The SMILES string of the molecule is O=[N+]([O-])c1cc(Cl)cc(/C=N\NC(=S)NCc2ccc(F)cc2)c1O. The van der Waals surface area contributed by atoms with E-state index in [1.54, 1.807) is 12.1 Å². The van der Waals surface area contributed by atoms with Crippen LogP contribution in [0, 0.1) is 15.9 Å². The van der Waals surface area contributed by atoms with E-state index in [2.05, 4.69) is 15.8 Å². The lowest BCUT2D eigenvalue weighted by Crippen LogP contribution is -2.31. The largest absolute Gasteiger partial charge is 0.502 e. The number of hydrazone groups is 1. The predicted molar refractivity (Wildman–Crippen MR) is 96.3 cm³/mol. The van der Waals surface area contributed by atoms with Crippen molar-refractivity contribution in [3.63, 3.8) is 0 Å². The number of phenolic OH excluding ortho intramolecular Hbond substituents is 1. The van der Waals surface area contributed by atoms with E-state index in [0.29, 0.717) is 6.54 Å². The van der Waals surface area contributed by atoms with Gasteiger partial charge in [-0.15, -0.1) is 0 Å². The second-order valence-corrected chi connectivity index (χ2v) is 5.64. The molecule has 0 aromatic heterocycles. The third-order valence-electron chi connectivity index (χ3n) is 3.02. The molecule has 0 amide bonds. The Morgan fingerprint density at radius 2 is 2.08 bits per heavy atom. The highest BCUT2D eigenvalue weighted by atomic mass is 35.5. The maximum Gasteiger partial charge on any atom is 0.312 e. The van der Waals surface area contributed by atoms with Crippen molar-refractivity contribution in [1.29, 1.82) is 0 Å². The summed E-state index contributed by atoms with van der Waals surface area (Å²) in [4.78, 5) is 10.1. The van der Waals surface area contributed by atoms with Gasteiger partial charge in [0.25, 0.3) is 0 Å². The van der Waals surface area contributed by atoms with Gasteiger partial charge in [0.15, 0.2) is 5.11 Å². The van der Waals surface area contributed by atoms with Crippen molar-refractivity contribution in [2.24, 2.45) is 5.10 Å². The van der Waals surface area contributed by atoms with Gasteiger partial charge in [0.05, 0.1) is 11.1 Å². The molecule has 0 saturated carbocycles. The third kappa shape index (κ3) is 5.37. The molecule has 7 nitrogen and oxygen atoms in total. The lowest BCUT2D eigenvalue weighted by molar-refractivity contribution is -0.385. The van der Waals surface area contributed by atoms with Gasteiger partial charge in [0.1, 0.15) is 5.82 Å². The number of phenols is 1. The summed E-state index contributed by atoms with van der Waals surface area (Å²) in [6.07, 6.45) is 1.15. The molecule has 130 valence electrons. The average Bonchev–Trinajstić information content (AvgIpc) is 2.57. The summed E-state index contributed by atoms with van der Waals surface area (Å²) in [5.41, 5.74) is 2.86. The van der Waals surface area contributed by atoms with E-state index >= 15 is 0 Å². The van der Waals surface area contributed by atoms with Gasteiger partial charge in [-0.25, -0.2) is 4.39 Å². The van der Waals surface area contributed by atoms with Gasteiger partial charge in [-0.2, -0.15) is 5.10 Å². The van der Waals surface area contributed by atoms with Gasteiger partial charge in [0, 0.05) is 23.2 Å². The highest BCUT2D eigenvalue weighted by Crippen LogP contribution is 2.32. The van der Waals surface area contributed by atoms with E-state index in [-0.39, 0.29) is 21.5 Å². The zero-order chi connectivity index (χ0) is 18.4. The fourth-order valence-corrected chi connectivity index (χ4v) is 2.17. The number of thiocarbonyl (C=S) groups is 1. The Morgan fingerprint density at radius 1 is 1.40 bits per heavy atom. The summed E-state index contributed by atoms with van der Waals surface area (Å²) < 4.78 is 12.8. The summed E-state index contributed by atoms with van der Waals surface area (Å²) in [5, 5.41) is 27.5. The van der Waals surface area contributed by atoms with Crippen molar-refractivity contribution in [3.8, 4) is 5.75 Å². The number of hydrogen-bond acceptors (Lipinski definition) is 5. The van der Waals surface area contributed by atoms with Crippen LogP contribution < -0.4 is 10.7 Å². The molecule has 0 atom stereocenters. The molecule has 0 spiro atoms. The number of nitrogens with one attached hydrogen (secondary N) is 2. The first-order chi connectivity index (χ1) is 11.9. The predicted octanol–water partition coefficient (Wildman–Crippen LogP) is 3.09. The molecule has 0 heterocycles. The summed E-state index contributed by atoms with van der Waals surface area (Å²) in [6.45, 7) is 0.357. The normalized spacial score (nSPS) is 10.6. The average molecular weight is 383 g/mol. The van der Waals surface area contributed by atoms with E-state index in [9.17, 15) is 19.6 Å². The van der Waals surface area contributed by atoms with E-state index in [4.69, 9.17) is 23.8 Å². The summed E-state index contributed by atoms with van der Waals surface area (Å²) in [7, 11) is 0. The van der Waals surface area contributed by atoms with Gasteiger partial charge in [-0.3, -0.25) is 15.5 Å². The Labute approximate surface area is 152 Å². The Bertz CT molecular complexity index is 830. The van der Waals surface area contributed by atoms with Crippen molar-refractivity contribution in [1.82, 2.24) is 10.7 Å². The first-order valence-electron chi connectivity index (χ1n) is 6.85. The Hall–Kier alpha value is -2.78. The molecular weight excluding hydrogens is 371 g/mol. The minimum absolute atomic E-state index is 0.0630. The molecule has 0 aliphatic carbocycles. The molecule has 0 unspecified atom stereocenters. The molecule has 0 radical (unpaired) electrons. The van der Waals surface area contributed by atoms with Crippen LogP contribution in [0.2, 0.25) is 5.02 Å². The zero-order valence-electron chi connectivity index (χ0n) is 12.6. The van der Waals surface area contributed by atoms with Crippen molar-refractivity contribution >= 4 is 40.8 Å².